The van der Waals surface area contributed by atoms with Crippen molar-refractivity contribution in [3.05, 3.63) is 35.6 Å². The maximum absolute atomic E-state index is 13.0. The molecule has 2 aliphatic rings. The Morgan fingerprint density at radius 3 is 2.73 bits per heavy atom. The second-order valence-electron chi connectivity index (χ2n) is 5.63. The van der Waals surface area contributed by atoms with E-state index in [2.05, 4.69) is 16.8 Å². The van der Waals surface area contributed by atoms with Crippen LogP contribution in [-0.2, 0) is 16.3 Å². The van der Waals surface area contributed by atoms with Gasteiger partial charge in [0.1, 0.15) is 5.82 Å². The van der Waals surface area contributed by atoms with Crippen molar-refractivity contribution in [3.63, 3.8) is 0 Å². The van der Waals surface area contributed by atoms with Gasteiger partial charge in [-0.2, -0.15) is 0 Å². The Labute approximate surface area is 134 Å². The van der Waals surface area contributed by atoms with Crippen molar-refractivity contribution in [2.75, 3.05) is 23.8 Å². The number of rotatable bonds is 4. The summed E-state index contributed by atoms with van der Waals surface area (Å²) in [4.78, 5) is 6.74. The molecule has 7 heteroatoms. The highest BCUT2D eigenvalue weighted by Gasteiger charge is 2.46. The van der Waals surface area contributed by atoms with Gasteiger partial charge in [0.2, 0.25) is 0 Å². The molecule has 1 aromatic carbocycles. The van der Waals surface area contributed by atoms with Crippen LogP contribution in [0.3, 0.4) is 0 Å². The van der Waals surface area contributed by atoms with E-state index in [9.17, 15) is 12.8 Å². The molecule has 1 aromatic rings. The van der Waals surface area contributed by atoms with Crippen LogP contribution in [0, 0.1) is 5.82 Å². The second kappa shape index (κ2) is 6.20. The molecule has 0 spiro atoms. The molecule has 2 heterocycles. The van der Waals surface area contributed by atoms with Crippen molar-refractivity contribution in [1.82, 2.24) is 4.90 Å². The number of fused-ring (bicyclic) bond motifs is 1. The fraction of sp³-hybridized carbons (Fsp3) is 0.533. The average molecular weight is 342 g/mol. The molecule has 0 aromatic heterocycles. The maximum Gasteiger partial charge on any atom is 0.159 e. The third-order valence-corrected chi connectivity index (χ3v) is 6.63. The zero-order valence-corrected chi connectivity index (χ0v) is 14.0. The lowest BCUT2D eigenvalue weighted by atomic mass is 10.1. The summed E-state index contributed by atoms with van der Waals surface area (Å²) in [6.07, 6.45) is 0.757. The predicted octanol–water partition coefficient (Wildman–Crippen LogP) is 1.96. The normalized spacial score (nSPS) is 26.1. The van der Waals surface area contributed by atoms with Crippen molar-refractivity contribution in [1.29, 1.82) is 0 Å². The SMILES string of the molecule is CCSC1=N[C@H]2CS(=O)(=O)C[C@H]2N1CCc1ccc(F)cc1. The lowest BCUT2D eigenvalue weighted by Gasteiger charge is -2.26. The number of hydrogen-bond acceptors (Lipinski definition) is 5. The number of benzene rings is 1. The van der Waals surface area contributed by atoms with Gasteiger partial charge in [0.25, 0.3) is 0 Å². The first kappa shape index (κ1) is 15.8. The van der Waals surface area contributed by atoms with Gasteiger partial charge in [0.15, 0.2) is 15.0 Å². The lowest BCUT2D eigenvalue weighted by molar-refractivity contribution is 0.352. The van der Waals surface area contributed by atoms with E-state index >= 15 is 0 Å². The summed E-state index contributed by atoms with van der Waals surface area (Å²) < 4.78 is 36.6. The molecule has 120 valence electrons. The van der Waals surface area contributed by atoms with E-state index in [1.54, 1.807) is 23.9 Å². The van der Waals surface area contributed by atoms with E-state index < -0.39 is 9.84 Å². The summed E-state index contributed by atoms with van der Waals surface area (Å²) in [6.45, 7) is 2.78. The highest BCUT2D eigenvalue weighted by molar-refractivity contribution is 8.13. The molecule has 0 bridgehead atoms. The van der Waals surface area contributed by atoms with E-state index in [1.807, 2.05) is 0 Å². The number of halogens is 1. The Morgan fingerprint density at radius 1 is 1.32 bits per heavy atom. The average Bonchev–Trinajstić information content (AvgIpc) is 2.91. The summed E-state index contributed by atoms with van der Waals surface area (Å²) in [5.41, 5.74) is 1.05. The summed E-state index contributed by atoms with van der Waals surface area (Å²) in [7, 11) is -2.97. The third kappa shape index (κ3) is 3.30. The van der Waals surface area contributed by atoms with Crippen LogP contribution in [0.2, 0.25) is 0 Å². The van der Waals surface area contributed by atoms with Gasteiger partial charge in [-0.3, -0.25) is 4.99 Å². The second-order valence-corrected chi connectivity index (χ2v) is 9.01. The van der Waals surface area contributed by atoms with Gasteiger partial charge in [0.05, 0.1) is 23.6 Å². The molecule has 0 saturated carbocycles. The molecular weight excluding hydrogens is 323 g/mol. The quantitative estimate of drug-likeness (QED) is 0.839. The molecule has 0 N–H and O–H groups in total. The van der Waals surface area contributed by atoms with Crippen LogP contribution in [0.4, 0.5) is 4.39 Å². The monoisotopic (exact) mass is 342 g/mol. The van der Waals surface area contributed by atoms with Crippen LogP contribution in [0.5, 0.6) is 0 Å². The molecule has 4 nitrogen and oxygen atoms in total. The Bertz CT molecular complexity index is 673. The van der Waals surface area contributed by atoms with Gasteiger partial charge in [-0.25, -0.2) is 12.8 Å². The molecule has 0 amide bonds. The van der Waals surface area contributed by atoms with E-state index in [1.165, 1.54) is 12.1 Å². The summed E-state index contributed by atoms with van der Waals surface area (Å²) in [5, 5.41) is 0.953. The first-order valence-electron chi connectivity index (χ1n) is 7.40. The van der Waals surface area contributed by atoms with Gasteiger partial charge >= 0.3 is 0 Å². The number of aliphatic imine (C=N–C) groups is 1. The van der Waals surface area contributed by atoms with Gasteiger partial charge in [-0.15, -0.1) is 0 Å². The zero-order valence-electron chi connectivity index (χ0n) is 12.4. The smallest absolute Gasteiger partial charge is 0.159 e. The van der Waals surface area contributed by atoms with Crippen molar-refractivity contribution >= 4 is 26.8 Å². The van der Waals surface area contributed by atoms with Crippen LogP contribution in [0.25, 0.3) is 0 Å². The minimum atomic E-state index is -2.97. The largest absolute Gasteiger partial charge is 0.345 e. The fourth-order valence-corrected chi connectivity index (χ4v) is 5.74. The molecule has 1 fully saturated rings. The molecule has 1 saturated heterocycles. The first-order chi connectivity index (χ1) is 10.5. The van der Waals surface area contributed by atoms with Crippen molar-refractivity contribution in [2.45, 2.75) is 25.4 Å². The lowest BCUT2D eigenvalue weighted by Crippen LogP contribution is -2.40. The van der Waals surface area contributed by atoms with E-state index in [4.69, 9.17) is 0 Å². The zero-order chi connectivity index (χ0) is 15.7. The highest BCUT2D eigenvalue weighted by atomic mass is 32.2. The van der Waals surface area contributed by atoms with Crippen LogP contribution in [0.15, 0.2) is 29.3 Å². The van der Waals surface area contributed by atoms with Crippen molar-refractivity contribution in [3.8, 4) is 0 Å². The van der Waals surface area contributed by atoms with Crippen LogP contribution >= 0.6 is 11.8 Å². The van der Waals surface area contributed by atoms with E-state index in [0.717, 1.165) is 22.9 Å². The number of amidine groups is 1. The van der Waals surface area contributed by atoms with Gasteiger partial charge in [-0.1, -0.05) is 30.8 Å². The first-order valence-corrected chi connectivity index (χ1v) is 10.2. The van der Waals surface area contributed by atoms with Crippen LogP contribution < -0.4 is 0 Å². The number of thioether (sulfide) groups is 1. The number of nitrogens with zero attached hydrogens (tertiary/aromatic N) is 2. The maximum atomic E-state index is 13.0. The van der Waals surface area contributed by atoms with Crippen LogP contribution in [0.1, 0.15) is 12.5 Å². The van der Waals surface area contributed by atoms with Crippen molar-refractivity contribution < 1.29 is 12.8 Å². The van der Waals surface area contributed by atoms with Gasteiger partial charge in [-0.05, 0) is 29.9 Å². The van der Waals surface area contributed by atoms with E-state index in [0.29, 0.717) is 6.54 Å². The molecule has 3 rings (SSSR count). The fourth-order valence-electron chi connectivity index (χ4n) is 3.00. The standard InChI is InChI=1S/C15H19FN2O2S2/c1-2-21-15-17-13-9-22(19,20)10-14(13)18(15)8-7-11-3-5-12(16)6-4-11/h3-6,13-14H,2,7-10H2,1H3/t13-,14+/m0/s1. The Morgan fingerprint density at radius 2 is 2.05 bits per heavy atom. The third-order valence-electron chi connectivity index (χ3n) is 4.04. The predicted molar refractivity (Wildman–Crippen MR) is 88.6 cm³/mol. The number of hydrogen-bond donors (Lipinski definition) is 0. The minimum Gasteiger partial charge on any atom is -0.345 e. The number of sulfone groups is 1. The van der Waals surface area contributed by atoms with E-state index in [-0.39, 0.29) is 29.4 Å². The molecule has 2 atom stereocenters. The molecule has 0 unspecified atom stereocenters. The molecule has 0 radical (unpaired) electrons. The Kier molecular flexibility index (Phi) is 4.45. The van der Waals surface area contributed by atoms with Crippen molar-refractivity contribution in [2.24, 2.45) is 4.99 Å². The van der Waals surface area contributed by atoms with Gasteiger partial charge in [0, 0.05) is 6.54 Å². The summed E-state index contributed by atoms with van der Waals surface area (Å²) in [6, 6.07) is 6.32. The molecule has 2 aliphatic heterocycles. The van der Waals surface area contributed by atoms with Gasteiger partial charge < -0.3 is 4.90 Å². The minimum absolute atomic E-state index is 0.0282. The Balaban J connectivity index is 1.72. The Hall–Kier alpha value is -1.08. The molecule has 0 aliphatic carbocycles. The highest BCUT2D eigenvalue weighted by Crippen LogP contribution is 2.31. The topological polar surface area (TPSA) is 49.7 Å². The molecule has 22 heavy (non-hydrogen) atoms. The molecular formula is C15H19FN2O2S2. The van der Waals surface area contributed by atoms with Crippen LogP contribution in [-0.4, -0.2) is 54.4 Å². The summed E-state index contributed by atoms with van der Waals surface area (Å²) >= 11 is 1.66. The summed E-state index contributed by atoms with van der Waals surface area (Å²) in [5.74, 6) is 1.03.